The predicted molar refractivity (Wildman–Crippen MR) is 156 cm³/mol. The SMILES string of the molecule is CCC.CCCC(CC1CC(=O)c2c(C)ccc(C(=O)C(=O)C3CCCCC3)c2C1)C(CC)C(=O)CC(C)=O. The van der Waals surface area contributed by atoms with Crippen molar-refractivity contribution in [1.82, 2.24) is 0 Å². The summed E-state index contributed by atoms with van der Waals surface area (Å²) in [5.74, 6) is -1.14. The number of hydrogen-bond acceptors (Lipinski definition) is 5. The summed E-state index contributed by atoms with van der Waals surface area (Å²) in [7, 11) is 0. The van der Waals surface area contributed by atoms with Gasteiger partial charge in [-0.25, -0.2) is 0 Å². The molecular formula is C34H50O5. The van der Waals surface area contributed by atoms with Crippen molar-refractivity contribution in [3.8, 4) is 0 Å². The molecule has 3 atom stereocenters. The van der Waals surface area contributed by atoms with Gasteiger partial charge in [0.15, 0.2) is 5.78 Å². The molecule has 1 aromatic rings. The third-order valence-corrected chi connectivity index (χ3v) is 8.35. The summed E-state index contributed by atoms with van der Waals surface area (Å²) >= 11 is 0. The molecule has 0 spiro atoms. The van der Waals surface area contributed by atoms with E-state index in [2.05, 4.69) is 20.8 Å². The van der Waals surface area contributed by atoms with Gasteiger partial charge in [-0.3, -0.25) is 24.0 Å². The second-order valence-corrected chi connectivity index (χ2v) is 11.9. The Kier molecular flexibility index (Phi) is 13.4. The fourth-order valence-corrected chi connectivity index (χ4v) is 6.64. The molecular weight excluding hydrogens is 488 g/mol. The highest BCUT2D eigenvalue weighted by molar-refractivity contribution is 6.44. The molecule has 1 aromatic carbocycles. The van der Waals surface area contributed by atoms with E-state index in [1.807, 2.05) is 13.8 Å². The van der Waals surface area contributed by atoms with E-state index >= 15 is 0 Å². The highest BCUT2D eigenvalue weighted by Gasteiger charge is 2.36. The first-order chi connectivity index (χ1) is 18.6. The van der Waals surface area contributed by atoms with Crippen LogP contribution in [0.1, 0.15) is 144 Å². The number of fused-ring (bicyclic) bond motifs is 1. The van der Waals surface area contributed by atoms with Crippen LogP contribution in [-0.4, -0.2) is 28.9 Å². The quantitative estimate of drug-likeness (QED) is 0.154. The van der Waals surface area contributed by atoms with E-state index in [0.29, 0.717) is 36.8 Å². The van der Waals surface area contributed by atoms with Gasteiger partial charge >= 0.3 is 0 Å². The molecule has 0 heterocycles. The third kappa shape index (κ3) is 8.78. The van der Waals surface area contributed by atoms with Crippen LogP contribution in [0.5, 0.6) is 0 Å². The standard InChI is InChI=1S/C31H42O5.C3H8/c1-5-10-23(24(6-2)27(33)15-20(4)32)16-21-17-26-25(14-13-19(3)29(26)28(34)18-21)31(36)30(35)22-11-8-7-9-12-22;1-3-2/h13-14,21-24H,5-12,15-18H2,1-4H3;3H2,1-2H3. The topological polar surface area (TPSA) is 85.3 Å². The van der Waals surface area contributed by atoms with E-state index in [9.17, 15) is 24.0 Å². The number of carbonyl (C=O) groups is 5. The highest BCUT2D eigenvalue weighted by atomic mass is 16.2. The lowest BCUT2D eigenvalue weighted by Gasteiger charge is -2.32. The van der Waals surface area contributed by atoms with E-state index in [1.54, 1.807) is 12.1 Å². The number of benzene rings is 1. The molecule has 0 N–H and O–H groups in total. The zero-order chi connectivity index (χ0) is 29.1. The number of Topliss-reactive ketones (excluding diaryl/α,β-unsaturated/α-hetero) is 5. The second-order valence-electron chi connectivity index (χ2n) is 11.9. The first-order valence-electron chi connectivity index (χ1n) is 15.4. The Labute approximate surface area is 235 Å². The number of rotatable bonds is 12. The van der Waals surface area contributed by atoms with Gasteiger partial charge in [0.2, 0.25) is 11.6 Å². The van der Waals surface area contributed by atoms with Crippen LogP contribution in [0.25, 0.3) is 0 Å². The normalized spacial score (nSPS) is 18.8. The average Bonchev–Trinajstić information content (AvgIpc) is 2.89. The molecule has 5 nitrogen and oxygen atoms in total. The minimum Gasteiger partial charge on any atom is -0.300 e. The molecule has 216 valence electrons. The molecule has 0 bridgehead atoms. The summed E-state index contributed by atoms with van der Waals surface area (Å²) in [4.78, 5) is 64.2. The lowest BCUT2D eigenvalue weighted by Crippen LogP contribution is -2.32. The largest absolute Gasteiger partial charge is 0.300 e. The van der Waals surface area contributed by atoms with E-state index < -0.39 is 5.78 Å². The Bertz CT molecular complexity index is 1030. The highest BCUT2D eigenvalue weighted by Crippen LogP contribution is 2.38. The van der Waals surface area contributed by atoms with Crippen LogP contribution >= 0.6 is 0 Å². The molecule has 1 saturated carbocycles. The Morgan fingerprint density at radius 2 is 1.59 bits per heavy atom. The van der Waals surface area contributed by atoms with Crippen molar-refractivity contribution in [3.05, 3.63) is 34.4 Å². The summed E-state index contributed by atoms with van der Waals surface area (Å²) in [6.45, 7) is 11.7. The van der Waals surface area contributed by atoms with Crippen molar-refractivity contribution >= 4 is 28.9 Å². The Hall–Kier alpha value is -2.43. The van der Waals surface area contributed by atoms with Crippen molar-refractivity contribution in [2.45, 2.75) is 125 Å². The van der Waals surface area contributed by atoms with Gasteiger partial charge in [0, 0.05) is 29.4 Å². The number of hydrogen-bond donors (Lipinski definition) is 0. The van der Waals surface area contributed by atoms with Gasteiger partial charge in [-0.05, 0) is 68.9 Å². The van der Waals surface area contributed by atoms with Gasteiger partial charge in [-0.1, -0.05) is 78.4 Å². The summed E-state index contributed by atoms with van der Waals surface area (Å²) in [6.07, 6.45) is 9.95. The molecule has 0 amide bonds. The fraction of sp³-hybridized carbons (Fsp3) is 0.676. The number of carbonyl (C=O) groups excluding carboxylic acids is 5. The van der Waals surface area contributed by atoms with Gasteiger partial charge in [0.25, 0.3) is 0 Å². The lowest BCUT2D eigenvalue weighted by atomic mass is 9.71. The van der Waals surface area contributed by atoms with Crippen LogP contribution in [-0.2, 0) is 20.8 Å². The van der Waals surface area contributed by atoms with Crippen LogP contribution in [0.4, 0.5) is 0 Å². The molecule has 2 aliphatic rings. The molecule has 5 heteroatoms. The molecule has 2 aliphatic carbocycles. The Morgan fingerprint density at radius 3 is 2.15 bits per heavy atom. The van der Waals surface area contributed by atoms with E-state index in [1.165, 1.54) is 13.3 Å². The van der Waals surface area contributed by atoms with Crippen LogP contribution in [0.2, 0.25) is 0 Å². The van der Waals surface area contributed by atoms with Crippen LogP contribution in [0, 0.1) is 30.6 Å². The summed E-state index contributed by atoms with van der Waals surface area (Å²) in [6, 6.07) is 3.54. The lowest BCUT2D eigenvalue weighted by molar-refractivity contribution is -0.130. The molecule has 3 rings (SSSR count). The van der Waals surface area contributed by atoms with Gasteiger partial charge < -0.3 is 0 Å². The first-order valence-corrected chi connectivity index (χ1v) is 15.4. The van der Waals surface area contributed by atoms with E-state index in [4.69, 9.17) is 0 Å². The molecule has 39 heavy (non-hydrogen) atoms. The van der Waals surface area contributed by atoms with Gasteiger partial charge in [0.1, 0.15) is 11.6 Å². The minimum atomic E-state index is -0.445. The van der Waals surface area contributed by atoms with Crippen molar-refractivity contribution in [1.29, 1.82) is 0 Å². The summed E-state index contributed by atoms with van der Waals surface area (Å²) in [5.41, 5.74) is 2.59. The third-order valence-electron chi connectivity index (χ3n) is 8.35. The molecule has 0 radical (unpaired) electrons. The van der Waals surface area contributed by atoms with Crippen LogP contribution in [0.15, 0.2) is 12.1 Å². The van der Waals surface area contributed by atoms with Crippen molar-refractivity contribution in [2.24, 2.45) is 23.7 Å². The number of ketones is 5. The van der Waals surface area contributed by atoms with E-state index in [0.717, 1.165) is 56.1 Å². The number of aryl methyl sites for hydroxylation is 1. The summed E-state index contributed by atoms with van der Waals surface area (Å²) < 4.78 is 0. The zero-order valence-corrected chi connectivity index (χ0v) is 25.2. The van der Waals surface area contributed by atoms with Crippen LogP contribution < -0.4 is 0 Å². The smallest absolute Gasteiger partial charge is 0.229 e. The maximum absolute atomic E-state index is 13.4. The molecule has 3 unspecified atom stereocenters. The Balaban J connectivity index is 0.00000170. The first kappa shape index (κ1) is 32.8. The van der Waals surface area contributed by atoms with Gasteiger partial charge in [0.05, 0.1) is 6.42 Å². The average molecular weight is 539 g/mol. The van der Waals surface area contributed by atoms with Gasteiger partial charge in [-0.2, -0.15) is 0 Å². The maximum Gasteiger partial charge on any atom is 0.229 e. The molecule has 1 fully saturated rings. The molecule has 0 saturated heterocycles. The van der Waals surface area contributed by atoms with Gasteiger partial charge in [-0.15, -0.1) is 0 Å². The minimum absolute atomic E-state index is 0.00391. The maximum atomic E-state index is 13.4. The zero-order valence-electron chi connectivity index (χ0n) is 25.2. The molecule has 0 aromatic heterocycles. The molecule has 0 aliphatic heterocycles. The predicted octanol–water partition coefficient (Wildman–Crippen LogP) is 7.87. The second kappa shape index (κ2) is 16.0. The monoisotopic (exact) mass is 538 g/mol. The van der Waals surface area contributed by atoms with Crippen LogP contribution in [0.3, 0.4) is 0 Å². The summed E-state index contributed by atoms with van der Waals surface area (Å²) in [5, 5.41) is 0. The Morgan fingerprint density at radius 1 is 0.949 bits per heavy atom. The van der Waals surface area contributed by atoms with Crippen molar-refractivity contribution in [2.75, 3.05) is 0 Å². The van der Waals surface area contributed by atoms with Crippen molar-refractivity contribution in [3.63, 3.8) is 0 Å². The van der Waals surface area contributed by atoms with Crippen molar-refractivity contribution < 1.29 is 24.0 Å². The fourth-order valence-electron chi connectivity index (χ4n) is 6.64. The van der Waals surface area contributed by atoms with E-state index in [-0.39, 0.29) is 53.2 Å².